The SMILES string of the molecule is COC(=O)c1ccc(NC(=O)/C(C)=C/C(=O)N(C)CCc2ccncc2)cc1. The fourth-order valence-corrected chi connectivity index (χ4v) is 2.35. The van der Waals surface area contributed by atoms with Crippen LogP contribution in [0.1, 0.15) is 22.8 Å². The topological polar surface area (TPSA) is 88.6 Å². The Hall–Kier alpha value is -3.48. The van der Waals surface area contributed by atoms with Gasteiger partial charge in [-0.1, -0.05) is 0 Å². The van der Waals surface area contributed by atoms with Crippen LogP contribution >= 0.6 is 0 Å². The van der Waals surface area contributed by atoms with E-state index < -0.39 is 5.97 Å². The maximum Gasteiger partial charge on any atom is 0.337 e. The average Bonchev–Trinajstić information content (AvgIpc) is 2.72. The van der Waals surface area contributed by atoms with Gasteiger partial charge in [-0.3, -0.25) is 14.6 Å². The van der Waals surface area contributed by atoms with E-state index in [1.54, 1.807) is 55.5 Å². The second kappa shape index (κ2) is 10.0. The molecule has 0 unspecified atom stereocenters. The van der Waals surface area contributed by atoms with Gasteiger partial charge in [0.25, 0.3) is 5.91 Å². The van der Waals surface area contributed by atoms with Crippen molar-refractivity contribution in [2.45, 2.75) is 13.3 Å². The number of nitrogens with one attached hydrogen (secondary N) is 1. The molecular weight excluding hydrogens is 358 g/mol. The lowest BCUT2D eigenvalue weighted by molar-refractivity contribution is -0.125. The number of pyridine rings is 1. The number of benzene rings is 1. The summed E-state index contributed by atoms with van der Waals surface area (Å²) in [4.78, 5) is 41.5. The highest BCUT2D eigenvalue weighted by molar-refractivity contribution is 6.07. The van der Waals surface area contributed by atoms with Crippen molar-refractivity contribution in [2.24, 2.45) is 0 Å². The third kappa shape index (κ3) is 6.05. The minimum absolute atomic E-state index is 0.247. The van der Waals surface area contributed by atoms with Crippen LogP contribution in [0.5, 0.6) is 0 Å². The molecule has 0 aliphatic carbocycles. The standard InChI is InChI=1S/C21H23N3O4/c1-15(14-19(25)24(2)13-10-16-8-11-22-12-9-16)20(26)23-18-6-4-17(5-7-18)21(27)28-3/h4-9,11-12,14H,10,13H2,1-3H3,(H,23,26)/b15-14+. The number of anilines is 1. The smallest absolute Gasteiger partial charge is 0.337 e. The average molecular weight is 381 g/mol. The van der Waals surface area contributed by atoms with Gasteiger partial charge in [-0.15, -0.1) is 0 Å². The summed E-state index contributed by atoms with van der Waals surface area (Å²) in [7, 11) is 2.99. The third-order valence-electron chi connectivity index (χ3n) is 4.12. The molecule has 1 heterocycles. The second-order valence-corrected chi connectivity index (χ2v) is 6.22. The Morgan fingerprint density at radius 2 is 1.75 bits per heavy atom. The van der Waals surface area contributed by atoms with Crippen LogP contribution in [0.3, 0.4) is 0 Å². The molecule has 1 aromatic heterocycles. The molecule has 0 bridgehead atoms. The van der Waals surface area contributed by atoms with Gasteiger partial charge in [0.05, 0.1) is 12.7 Å². The van der Waals surface area contributed by atoms with Gasteiger partial charge in [0.2, 0.25) is 5.91 Å². The molecule has 0 fully saturated rings. The van der Waals surface area contributed by atoms with Crippen LogP contribution in [0, 0.1) is 0 Å². The molecule has 1 aromatic carbocycles. The third-order valence-corrected chi connectivity index (χ3v) is 4.12. The summed E-state index contributed by atoms with van der Waals surface area (Å²) in [6.07, 6.45) is 5.44. The number of hydrogen-bond acceptors (Lipinski definition) is 5. The van der Waals surface area contributed by atoms with E-state index in [-0.39, 0.29) is 17.4 Å². The van der Waals surface area contributed by atoms with E-state index in [0.29, 0.717) is 24.2 Å². The molecule has 0 atom stereocenters. The molecule has 146 valence electrons. The van der Waals surface area contributed by atoms with Gasteiger partial charge in [-0.2, -0.15) is 0 Å². The molecular formula is C21H23N3O4. The summed E-state index contributed by atoms with van der Waals surface area (Å²) in [5.41, 5.74) is 2.28. The summed E-state index contributed by atoms with van der Waals surface area (Å²) in [5, 5.41) is 2.69. The lowest BCUT2D eigenvalue weighted by Crippen LogP contribution is -2.28. The Bertz CT molecular complexity index is 861. The first kappa shape index (κ1) is 20.8. The molecule has 0 aliphatic heterocycles. The van der Waals surface area contributed by atoms with Crippen molar-refractivity contribution in [2.75, 3.05) is 26.0 Å². The molecule has 0 saturated carbocycles. The molecule has 2 aromatic rings. The lowest BCUT2D eigenvalue weighted by atomic mass is 10.2. The summed E-state index contributed by atoms with van der Waals surface area (Å²) in [5.74, 6) is -1.08. The summed E-state index contributed by atoms with van der Waals surface area (Å²) in [6.45, 7) is 2.11. The number of carbonyl (C=O) groups is 3. The number of rotatable bonds is 7. The Kier molecular flexibility index (Phi) is 7.45. The lowest BCUT2D eigenvalue weighted by Gasteiger charge is -2.15. The van der Waals surface area contributed by atoms with Crippen LogP contribution in [-0.2, 0) is 20.7 Å². The quantitative estimate of drug-likeness (QED) is 0.588. The van der Waals surface area contributed by atoms with Crippen molar-refractivity contribution in [1.82, 2.24) is 9.88 Å². The highest BCUT2D eigenvalue weighted by Gasteiger charge is 2.11. The Morgan fingerprint density at radius 1 is 1.11 bits per heavy atom. The van der Waals surface area contributed by atoms with Crippen LogP contribution in [0.15, 0.2) is 60.4 Å². The number of aromatic nitrogens is 1. The fraction of sp³-hybridized carbons (Fsp3) is 0.238. The first-order chi connectivity index (χ1) is 13.4. The van der Waals surface area contributed by atoms with E-state index in [4.69, 9.17) is 0 Å². The van der Waals surface area contributed by atoms with E-state index in [2.05, 4.69) is 15.0 Å². The molecule has 0 aliphatic rings. The zero-order valence-electron chi connectivity index (χ0n) is 16.1. The molecule has 0 spiro atoms. The van der Waals surface area contributed by atoms with E-state index in [0.717, 1.165) is 5.56 Å². The van der Waals surface area contributed by atoms with Crippen LogP contribution in [-0.4, -0.2) is 48.4 Å². The van der Waals surface area contributed by atoms with E-state index in [1.165, 1.54) is 13.2 Å². The Morgan fingerprint density at radius 3 is 2.36 bits per heavy atom. The van der Waals surface area contributed by atoms with Crippen LogP contribution in [0.2, 0.25) is 0 Å². The van der Waals surface area contributed by atoms with E-state index in [9.17, 15) is 14.4 Å². The van der Waals surface area contributed by atoms with Crippen LogP contribution in [0.25, 0.3) is 0 Å². The van der Waals surface area contributed by atoms with Gasteiger partial charge < -0.3 is 15.0 Å². The highest BCUT2D eigenvalue weighted by atomic mass is 16.5. The van der Waals surface area contributed by atoms with E-state index >= 15 is 0 Å². The molecule has 0 radical (unpaired) electrons. The number of methoxy groups -OCH3 is 1. The van der Waals surface area contributed by atoms with E-state index in [1.807, 2.05) is 12.1 Å². The van der Waals surface area contributed by atoms with Crippen LogP contribution < -0.4 is 5.32 Å². The molecule has 2 rings (SSSR count). The zero-order chi connectivity index (χ0) is 20.5. The fourth-order valence-electron chi connectivity index (χ4n) is 2.35. The normalized spacial score (nSPS) is 10.9. The number of nitrogens with zero attached hydrogens (tertiary/aromatic N) is 2. The maximum absolute atomic E-state index is 12.3. The minimum Gasteiger partial charge on any atom is -0.465 e. The Balaban J connectivity index is 1.90. The van der Waals surface area contributed by atoms with Crippen molar-refractivity contribution >= 4 is 23.5 Å². The summed E-state index contributed by atoms with van der Waals surface area (Å²) in [6, 6.07) is 10.1. The minimum atomic E-state index is -0.450. The van der Waals surface area contributed by atoms with Crippen molar-refractivity contribution in [3.8, 4) is 0 Å². The maximum atomic E-state index is 12.3. The summed E-state index contributed by atoms with van der Waals surface area (Å²) >= 11 is 0. The van der Waals surface area contributed by atoms with Gasteiger partial charge in [-0.05, 0) is 55.3 Å². The van der Waals surface area contributed by atoms with Crippen LogP contribution in [0.4, 0.5) is 5.69 Å². The number of carbonyl (C=O) groups excluding carboxylic acids is 3. The molecule has 28 heavy (non-hydrogen) atoms. The Labute approximate surface area is 164 Å². The number of hydrogen-bond donors (Lipinski definition) is 1. The van der Waals surface area contributed by atoms with Gasteiger partial charge in [0, 0.05) is 43.3 Å². The number of esters is 1. The molecule has 2 amide bonds. The second-order valence-electron chi connectivity index (χ2n) is 6.22. The highest BCUT2D eigenvalue weighted by Crippen LogP contribution is 2.12. The molecule has 0 saturated heterocycles. The zero-order valence-corrected chi connectivity index (χ0v) is 16.1. The predicted molar refractivity (Wildman–Crippen MR) is 106 cm³/mol. The van der Waals surface area contributed by atoms with Gasteiger partial charge in [-0.25, -0.2) is 4.79 Å². The van der Waals surface area contributed by atoms with Crippen molar-refractivity contribution in [3.63, 3.8) is 0 Å². The van der Waals surface area contributed by atoms with Gasteiger partial charge >= 0.3 is 5.97 Å². The largest absolute Gasteiger partial charge is 0.465 e. The van der Waals surface area contributed by atoms with Gasteiger partial charge in [0.15, 0.2) is 0 Å². The first-order valence-corrected chi connectivity index (χ1v) is 8.72. The van der Waals surface area contributed by atoms with Crippen molar-refractivity contribution < 1.29 is 19.1 Å². The summed E-state index contributed by atoms with van der Waals surface area (Å²) < 4.78 is 4.63. The molecule has 7 heteroatoms. The monoisotopic (exact) mass is 381 g/mol. The predicted octanol–water partition coefficient (Wildman–Crippen LogP) is 2.45. The molecule has 1 N–H and O–H groups in total. The molecule has 7 nitrogen and oxygen atoms in total. The van der Waals surface area contributed by atoms with Gasteiger partial charge in [0.1, 0.15) is 0 Å². The van der Waals surface area contributed by atoms with Crippen molar-refractivity contribution in [1.29, 1.82) is 0 Å². The first-order valence-electron chi connectivity index (χ1n) is 8.72. The number of amides is 2. The number of ether oxygens (including phenoxy) is 1. The van der Waals surface area contributed by atoms with Crippen molar-refractivity contribution in [3.05, 3.63) is 71.6 Å². The number of likely N-dealkylation sites (N-methyl/N-ethyl adjacent to an activating group) is 1.